The van der Waals surface area contributed by atoms with E-state index in [0.717, 1.165) is 25.2 Å². The molecule has 1 saturated heterocycles. The second-order valence-electron chi connectivity index (χ2n) is 3.13. The molecule has 1 heterocycles. The summed E-state index contributed by atoms with van der Waals surface area (Å²) in [5, 5.41) is 2.62. The molecular weight excluding hydrogens is 198 g/mol. The average Bonchev–Trinajstić information content (AvgIpc) is 2.67. The van der Waals surface area contributed by atoms with E-state index in [1.165, 1.54) is 0 Å². The minimum atomic E-state index is 0.00551. The summed E-state index contributed by atoms with van der Waals surface area (Å²) in [6, 6.07) is 0. The summed E-state index contributed by atoms with van der Waals surface area (Å²) in [5.41, 5.74) is 0. The van der Waals surface area contributed by atoms with Crippen LogP contribution in [0.15, 0.2) is 0 Å². The summed E-state index contributed by atoms with van der Waals surface area (Å²) < 4.78 is 5.43. The van der Waals surface area contributed by atoms with Crippen LogP contribution in [0.5, 0.6) is 0 Å². The highest BCUT2D eigenvalue weighted by molar-refractivity contribution is 7.99. The van der Waals surface area contributed by atoms with Crippen molar-refractivity contribution in [2.24, 2.45) is 0 Å². The van der Waals surface area contributed by atoms with Crippen LogP contribution in [0.3, 0.4) is 0 Å². The second kappa shape index (κ2) is 6.74. The van der Waals surface area contributed by atoms with Crippen LogP contribution in [0.2, 0.25) is 0 Å². The third kappa shape index (κ3) is 4.54. The van der Waals surface area contributed by atoms with E-state index < -0.39 is 0 Å². The lowest BCUT2D eigenvalue weighted by molar-refractivity contribution is -0.118. The molecule has 14 heavy (non-hydrogen) atoms. The summed E-state index contributed by atoms with van der Waals surface area (Å²) in [7, 11) is 0. The van der Waals surface area contributed by atoms with E-state index in [-0.39, 0.29) is 5.91 Å². The molecule has 78 valence electrons. The maximum absolute atomic E-state index is 11.1. The SMILES string of the molecule is C#CCNC(=O)CSCC1CCCO1. The monoisotopic (exact) mass is 213 g/mol. The predicted octanol–water partition coefficient (Wildman–Crippen LogP) is 0.648. The highest BCUT2D eigenvalue weighted by Gasteiger charge is 2.15. The highest BCUT2D eigenvalue weighted by Crippen LogP contribution is 2.16. The minimum Gasteiger partial charge on any atom is -0.377 e. The van der Waals surface area contributed by atoms with Crippen LogP contribution < -0.4 is 5.32 Å². The first kappa shape index (κ1) is 11.4. The smallest absolute Gasteiger partial charge is 0.230 e. The normalized spacial score (nSPS) is 20.4. The zero-order valence-electron chi connectivity index (χ0n) is 8.12. The number of hydrogen-bond donors (Lipinski definition) is 1. The van der Waals surface area contributed by atoms with Gasteiger partial charge in [0.2, 0.25) is 5.91 Å². The molecular formula is C10H15NO2S. The molecule has 1 atom stereocenters. The van der Waals surface area contributed by atoms with Crippen molar-refractivity contribution in [3.05, 3.63) is 0 Å². The molecule has 1 aliphatic rings. The molecule has 1 unspecified atom stereocenters. The summed E-state index contributed by atoms with van der Waals surface area (Å²) in [6.07, 6.45) is 7.63. The Morgan fingerprint density at radius 1 is 1.71 bits per heavy atom. The van der Waals surface area contributed by atoms with Gasteiger partial charge in [0, 0.05) is 12.4 Å². The third-order valence-corrected chi connectivity index (χ3v) is 3.02. The molecule has 1 aliphatic heterocycles. The van der Waals surface area contributed by atoms with Gasteiger partial charge in [-0.2, -0.15) is 0 Å². The molecule has 4 heteroatoms. The van der Waals surface area contributed by atoms with Crippen molar-refractivity contribution in [3.8, 4) is 12.3 Å². The Morgan fingerprint density at radius 2 is 2.57 bits per heavy atom. The first-order valence-corrected chi connectivity index (χ1v) is 5.88. The Labute approximate surface area is 89.0 Å². The van der Waals surface area contributed by atoms with Gasteiger partial charge in [-0.1, -0.05) is 5.92 Å². The van der Waals surface area contributed by atoms with Crippen molar-refractivity contribution < 1.29 is 9.53 Å². The summed E-state index contributed by atoms with van der Waals surface area (Å²) in [4.78, 5) is 11.1. The van der Waals surface area contributed by atoms with Gasteiger partial charge in [-0.3, -0.25) is 4.79 Å². The van der Waals surface area contributed by atoms with Gasteiger partial charge in [0.15, 0.2) is 0 Å². The number of carbonyl (C=O) groups excluding carboxylic acids is 1. The van der Waals surface area contributed by atoms with Gasteiger partial charge >= 0.3 is 0 Å². The van der Waals surface area contributed by atoms with Crippen LogP contribution in [-0.4, -0.2) is 36.7 Å². The molecule has 1 amide bonds. The number of ether oxygens (including phenoxy) is 1. The van der Waals surface area contributed by atoms with Gasteiger partial charge in [-0.15, -0.1) is 18.2 Å². The van der Waals surface area contributed by atoms with Gasteiger partial charge in [0.05, 0.1) is 18.4 Å². The second-order valence-corrected chi connectivity index (χ2v) is 4.16. The lowest BCUT2D eigenvalue weighted by Crippen LogP contribution is -2.26. The molecule has 0 aromatic heterocycles. The topological polar surface area (TPSA) is 38.3 Å². The Balaban J connectivity index is 1.97. The summed E-state index contributed by atoms with van der Waals surface area (Å²) >= 11 is 1.60. The molecule has 0 aromatic carbocycles. The van der Waals surface area contributed by atoms with Crippen LogP contribution in [0.4, 0.5) is 0 Å². The van der Waals surface area contributed by atoms with Crippen molar-refractivity contribution in [3.63, 3.8) is 0 Å². The quantitative estimate of drug-likeness (QED) is 0.681. The van der Waals surface area contributed by atoms with E-state index in [1.807, 2.05) is 0 Å². The fourth-order valence-corrected chi connectivity index (χ4v) is 2.19. The Bertz CT molecular complexity index is 219. The van der Waals surface area contributed by atoms with Crippen LogP contribution in [0.25, 0.3) is 0 Å². The Hall–Kier alpha value is -0.660. The number of terminal acetylenes is 1. The maximum atomic E-state index is 11.1. The number of nitrogens with one attached hydrogen (secondary N) is 1. The van der Waals surface area contributed by atoms with Crippen molar-refractivity contribution in [2.75, 3.05) is 24.7 Å². The van der Waals surface area contributed by atoms with Crippen molar-refractivity contribution in [2.45, 2.75) is 18.9 Å². The number of amides is 1. The molecule has 0 spiro atoms. The first-order valence-electron chi connectivity index (χ1n) is 4.72. The number of hydrogen-bond acceptors (Lipinski definition) is 3. The van der Waals surface area contributed by atoms with Gasteiger partial charge in [-0.05, 0) is 12.8 Å². The Kier molecular flexibility index (Phi) is 5.50. The predicted molar refractivity (Wildman–Crippen MR) is 58.1 cm³/mol. The van der Waals surface area contributed by atoms with Crippen molar-refractivity contribution in [1.29, 1.82) is 0 Å². The average molecular weight is 213 g/mol. The molecule has 0 aliphatic carbocycles. The van der Waals surface area contributed by atoms with E-state index in [0.29, 0.717) is 18.4 Å². The zero-order chi connectivity index (χ0) is 10.2. The lowest BCUT2D eigenvalue weighted by Gasteiger charge is -2.07. The van der Waals surface area contributed by atoms with Crippen LogP contribution in [-0.2, 0) is 9.53 Å². The largest absolute Gasteiger partial charge is 0.377 e. The minimum absolute atomic E-state index is 0.00551. The zero-order valence-corrected chi connectivity index (χ0v) is 8.94. The lowest BCUT2D eigenvalue weighted by atomic mass is 10.3. The summed E-state index contributed by atoms with van der Waals surface area (Å²) in [6.45, 7) is 1.19. The molecule has 0 saturated carbocycles. The molecule has 1 N–H and O–H groups in total. The molecule has 1 rings (SSSR count). The van der Waals surface area contributed by atoms with E-state index in [1.54, 1.807) is 11.8 Å². The van der Waals surface area contributed by atoms with E-state index in [9.17, 15) is 4.79 Å². The Morgan fingerprint density at radius 3 is 3.21 bits per heavy atom. The van der Waals surface area contributed by atoms with Crippen molar-refractivity contribution >= 4 is 17.7 Å². The number of thioether (sulfide) groups is 1. The number of carbonyl (C=O) groups is 1. The first-order chi connectivity index (χ1) is 6.83. The molecule has 0 bridgehead atoms. The van der Waals surface area contributed by atoms with Gasteiger partial charge in [-0.25, -0.2) is 0 Å². The standard InChI is InChI=1S/C10H15NO2S/c1-2-5-11-10(12)8-14-7-9-4-3-6-13-9/h1,9H,3-8H2,(H,11,12). The van der Waals surface area contributed by atoms with Gasteiger partial charge in [0.25, 0.3) is 0 Å². The molecule has 1 fully saturated rings. The van der Waals surface area contributed by atoms with E-state index in [2.05, 4.69) is 11.2 Å². The fourth-order valence-electron chi connectivity index (χ4n) is 1.26. The molecule has 3 nitrogen and oxygen atoms in total. The number of rotatable bonds is 5. The molecule has 0 radical (unpaired) electrons. The third-order valence-electron chi connectivity index (χ3n) is 1.95. The highest BCUT2D eigenvalue weighted by atomic mass is 32.2. The van der Waals surface area contributed by atoms with Crippen LogP contribution in [0.1, 0.15) is 12.8 Å². The van der Waals surface area contributed by atoms with Crippen LogP contribution in [0, 0.1) is 12.3 Å². The molecule has 0 aromatic rings. The summed E-state index contributed by atoms with van der Waals surface area (Å²) in [5.74, 6) is 3.75. The van der Waals surface area contributed by atoms with E-state index >= 15 is 0 Å². The van der Waals surface area contributed by atoms with Crippen LogP contribution >= 0.6 is 11.8 Å². The fraction of sp³-hybridized carbons (Fsp3) is 0.700. The van der Waals surface area contributed by atoms with Gasteiger partial charge < -0.3 is 10.1 Å². The van der Waals surface area contributed by atoms with Crippen molar-refractivity contribution in [1.82, 2.24) is 5.32 Å². The van der Waals surface area contributed by atoms with E-state index in [4.69, 9.17) is 11.2 Å². The van der Waals surface area contributed by atoms with Gasteiger partial charge in [0.1, 0.15) is 0 Å². The maximum Gasteiger partial charge on any atom is 0.230 e.